The van der Waals surface area contributed by atoms with Gasteiger partial charge in [-0.05, 0) is 38.1 Å². The third-order valence-electron chi connectivity index (χ3n) is 4.11. The molecule has 86 valence electrons. The Hall–Kier alpha value is -0.570. The summed E-state index contributed by atoms with van der Waals surface area (Å²) < 4.78 is 0. The lowest BCUT2D eigenvalue weighted by Crippen LogP contribution is -2.50. The second kappa shape index (κ2) is 4.12. The number of carbonyl (C=O) groups excluding carboxylic acids is 1. The average Bonchev–Trinajstić information content (AvgIpc) is 2.25. The molecule has 1 heterocycles. The van der Waals surface area contributed by atoms with Crippen molar-refractivity contribution in [3.63, 3.8) is 0 Å². The van der Waals surface area contributed by atoms with E-state index in [-0.39, 0.29) is 5.41 Å². The van der Waals surface area contributed by atoms with Gasteiger partial charge in [-0.3, -0.25) is 4.79 Å². The number of piperidine rings is 1. The standard InChI is InChI=1S/C12H22N2O/c1-12(5-3-6-12)11(15)14-7-2-4-10(8-13)9-14/h10H,2-9,13H2,1H3. The van der Waals surface area contributed by atoms with Gasteiger partial charge in [-0.15, -0.1) is 0 Å². The normalized spacial score (nSPS) is 29.7. The summed E-state index contributed by atoms with van der Waals surface area (Å²) in [6.07, 6.45) is 5.70. The summed E-state index contributed by atoms with van der Waals surface area (Å²) in [5, 5.41) is 0. The lowest BCUT2D eigenvalue weighted by atomic mass is 9.69. The van der Waals surface area contributed by atoms with Gasteiger partial charge in [0.25, 0.3) is 0 Å². The van der Waals surface area contributed by atoms with Crippen LogP contribution in [0.3, 0.4) is 0 Å². The predicted octanol–water partition coefficient (Wildman–Crippen LogP) is 1.37. The van der Waals surface area contributed by atoms with Crippen molar-refractivity contribution in [3.8, 4) is 0 Å². The first-order valence-corrected chi connectivity index (χ1v) is 6.15. The maximum atomic E-state index is 12.2. The van der Waals surface area contributed by atoms with Crippen molar-refractivity contribution in [1.82, 2.24) is 4.90 Å². The van der Waals surface area contributed by atoms with Crippen molar-refractivity contribution in [3.05, 3.63) is 0 Å². The molecule has 1 amide bonds. The first-order chi connectivity index (χ1) is 7.15. The van der Waals surface area contributed by atoms with E-state index in [4.69, 9.17) is 5.73 Å². The fraction of sp³-hybridized carbons (Fsp3) is 0.917. The molecule has 2 rings (SSSR count). The monoisotopic (exact) mass is 210 g/mol. The van der Waals surface area contributed by atoms with Crippen LogP contribution in [0.25, 0.3) is 0 Å². The van der Waals surface area contributed by atoms with E-state index in [9.17, 15) is 4.79 Å². The van der Waals surface area contributed by atoms with Crippen LogP contribution in [0.4, 0.5) is 0 Å². The maximum absolute atomic E-state index is 12.2. The van der Waals surface area contributed by atoms with Gasteiger partial charge in [0.2, 0.25) is 5.91 Å². The van der Waals surface area contributed by atoms with Gasteiger partial charge in [0, 0.05) is 18.5 Å². The number of rotatable bonds is 2. The highest BCUT2D eigenvalue weighted by molar-refractivity contribution is 5.83. The zero-order chi connectivity index (χ0) is 10.9. The van der Waals surface area contributed by atoms with E-state index in [2.05, 4.69) is 11.8 Å². The third kappa shape index (κ3) is 2.03. The third-order valence-corrected chi connectivity index (χ3v) is 4.11. The molecule has 1 aliphatic carbocycles. The van der Waals surface area contributed by atoms with E-state index in [0.717, 1.165) is 38.9 Å². The highest BCUT2D eigenvalue weighted by Crippen LogP contribution is 2.42. The molecule has 1 saturated carbocycles. The Kier molecular flexibility index (Phi) is 3.01. The number of carbonyl (C=O) groups is 1. The van der Waals surface area contributed by atoms with E-state index < -0.39 is 0 Å². The molecule has 1 atom stereocenters. The fourth-order valence-electron chi connectivity index (χ4n) is 2.74. The summed E-state index contributed by atoms with van der Waals surface area (Å²) >= 11 is 0. The van der Waals surface area contributed by atoms with Crippen LogP contribution >= 0.6 is 0 Å². The second-order valence-electron chi connectivity index (χ2n) is 5.41. The molecular weight excluding hydrogens is 188 g/mol. The lowest BCUT2D eigenvalue weighted by molar-refractivity contribution is -0.147. The number of amides is 1. The Morgan fingerprint density at radius 2 is 2.20 bits per heavy atom. The largest absolute Gasteiger partial charge is 0.342 e. The van der Waals surface area contributed by atoms with E-state index in [0.29, 0.717) is 11.8 Å². The molecule has 0 radical (unpaired) electrons. The minimum Gasteiger partial charge on any atom is -0.342 e. The van der Waals surface area contributed by atoms with Crippen molar-refractivity contribution in [2.45, 2.75) is 39.0 Å². The van der Waals surface area contributed by atoms with Crippen LogP contribution < -0.4 is 5.73 Å². The van der Waals surface area contributed by atoms with Crippen LogP contribution in [0.1, 0.15) is 39.0 Å². The van der Waals surface area contributed by atoms with Gasteiger partial charge in [0.05, 0.1) is 0 Å². The van der Waals surface area contributed by atoms with Crippen LogP contribution in [-0.4, -0.2) is 30.4 Å². The molecule has 1 saturated heterocycles. The second-order valence-corrected chi connectivity index (χ2v) is 5.41. The molecule has 15 heavy (non-hydrogen) atoms. The Bertz CT molecular complexity index is 248. The predicted molar refractivity (Wildman–Crippen MR) is 60.3 cm³/mol. The molecule has 0 bridgehead atoms. The summed E-state index contributed by atoms with van der Waals surface area (Å²) in [5.41, 5.74) is 5.65. The van der Waals surface area contributed by atoms with Crippen LogP contribution in [-0.2, 0) is 4.79 Å². The zero-order valence-corrected chi connectivity index (χ0v) is 9.67. The quantitative estimate of drug-likeness (QED) is 0.748. The van der Waals surface area contributed by atoms with E-state index in [1.807, 2.05) is 0 Å². The lowest BCUT2D eigenvalue weighted by Gasteiger charge is -2.43. The Balaban J connectivity index is 1.95. The molecular formula is C12H22N2O. The van der Waals surface area contributed by atoms with E-state index >= 15 is 0 Å². The van der Waals surface area contributed by atoms with Crippen LogP contribution in [0, 0.1) is 11.3 Å². The molecule has 0 aromatic heterocycles. The number of likely N-dealkylation sites (tertiary alicyclic amines) is 1. The van der Waals surface area contributed by atoms with Crippen molar-refractivity contribution in [1.29, 1.82) is 0 Å². The molecule has 3 heteroatoms. The highest BCUT2D eigenvalue weighted by atomic mass is 16.2. The number of nitrogens with two attached hydrogens (primary N) is 1. The van der Waals surface area contributed by atoms with Gasteiger partial charge in [-0.2, -0.15) is 0 Å². The summed E-state index contributed by atoms with van der Waals surface area (Å²) in [6, 6.07) is 0. The van der Waals surface area contributed by atoms with Crippen LogP contribution in [0.5, 0.6) is 0 Å². The Morgan fingerprint density at radius 3 is 2.73 bits per heavy atom. The minimum atomic E-state index is -0.0313. The van der Waals surface area contributed by atoms with Crippen molar-refractivity contribution >= 4 is 5.91 Å². The smallest absolute Gasteiger partial charge is 0.228 e. The average molecular weight is 210 g/mol. The summed E-state index contributed by atoms with van der Waals surface area (Å²) in [7, 11) is 0. The molecule has 2 fully saturated rings. The topological polar surface area (TPSA) is 46.3 Å². The summed E-state index contributed by atoms with van der Waals surface area (Å²) in [4.78, 5) is 14.3. The summed E-state index contributed by atoms with van der Waals surface area (Å²) in [5.74, 6) is 0.915. The Morgan fingerprint density at radius 1 is 1.47 bits per heavy atom. The number of nitrogens with zero attached hydrogens (tertiary/aromatic N) is 1. The fourth-order valence-corrected chi connectivity index (χ4v) is 2.74. The van der Waals surface area contributed by atoms with Gasteiger partial charge in [-0.1, -0.05) is 13.3 Å². The van der Waals surface area contributed by atoms with Crippen molar-refractivity contribution in [2.75, 3.05) is 19.6 Å². The maximum Gasteiger partial charge on any atom is 0.228 e. The van der Waals surface area contributed by atoms with E-state index in [1.165, 1.54) is 12.8 Å². The molecule has 0 aromatic rings. The van der Waals surface area contributed by atoms with Crippen LogP contribution in [0.15, 0.2) is 0 Å². The zero-order valence-electron chi connectivity index (χ0n) is 9.67. The van der Waals surface area contributed by atoms with Gasteiger partial charge in [0.15, 0.2) is 0 Å². The number of hydrogen-bond donors (Lipinski definition) is 1. The van der Waals surface area contributed by atoms with Gasteiger partial charge >= 0.3 is 0 Å². The number of hydrogen-bond acceptors (Lipinski definition) is 2. The van der Waals surface area contributed by atoms with Crippen molar-refractivity contribution in [2.24, 2.45) is 17.1 Å². The van der Waals surface area contributed by atoms with E-state index in [1.54, 1.807) is 0 Å². The molecule has 0 spiro atoms. The Labute approximate surface area is 92.0 Å². The van der Waals surface area contributed by atoms with Crippen molar-refractivity contribution < 1.29 is 4.79 Å². The molecule has 2 N–H and O–H groups in total. The highest BCUT2D eigenvalue weighted by Gasteiger charge is 2.42. The first-order valence-electron chi connectivity index (χ1n) is 6.15. The minimum absolute atomic E-state index is 0.0313. The van der Waals surface area contributed by atoms with Gasteiger partial charge in [0.1, 0.15) is 0 Å². The SMILES string of the molecule is CC1(C(=O)N2CCCC(CN)C2)CCC1. The summed E-state index contributed by atoms with van der Waals surface area (Å²) in [6.45, 7) is 4.68. The van der Waals surface area contributed by atoms with Gasteiger partial charge < -0.3 is 10.6 Å². The molecule has 1 unspecified atom stereocenters. The molecule has 3 nitrogen and oxygen atoms in total. The molecule has 2 aliphatic rings. The molecule has 0 aromatic carbocycles. The first kappa shape index (κ1) is 10.9. The van der Waals surface area contributed by atoms with Gasteiger partial charge in [-0.25, -0.2) is 0 Å². The van der Waals surface area contributed by atoms with Crippen LogP contribution in [0.2, 0.25) is 0 Å². The molecule has 1 aliphatic heterocycles.